The Hall–Kier alpha value is -4.99. The Morgan fingerprint density at radius 2 is 1.82 bits per heavy atom. The number of benzene rings is 2. The van der Waals surface area contributed by atoms with Crippen LogP contribution < -0.4 is 10.5 Å². The fourth-order valence-electron chi connectivity index (χ4n) is 4.71. The van der Waals surface area contributed by atoms with Gasteiger partial charge in [0.15, 0.2) is 11.5 Å². The summed E-state index contributed by atoms with van der Waals surface area (Å²) in [6.45, 7) is 2.20. The average molecular weight is 512 g/mol. The molecule has 190 valence electrons. The molecule has 1 aliphatic heterocycles. The molecule has 1 amide bonds. The van der Waals surface area contributed by atoms with Crippen LogP contribution in [0.5, 0.6) is 0 Å². The second kappa shape index (κ2) is 9.15. The van der Waals surface area contributed by atoms with E-state index in [9.17, 15) is 18.8 Å². The lowest BCUT2D eigenvalue weighted by molar-refractivity contribution is 0.0517. The molecule has 3 aromatic heterocycles. The van der Waals surface area contributed by atoms with Gasteiger partial charge in [-0.1, -0.05) is 0 Å². The fourth-order valence-corrected chi connectivity index (χ4v) is 4.71. The van der Waals surface area contributed by atoms with Crippen LogP contribution in [0.1, 0.15) is 33.5 Å². The summed E-state index contributed by atoms with van der Waals surface area (Å²) in [7, 11) is 0. The monoisotopic (exact) mass is 512 g/mol. The van der Waals surface area contributed by atoms with Gasteiger partial charge < -0.3 is 14.1 Å². The van der Waals surface area contributed by atoms with Crippen LogP contribution in [0.4, 0.5) is 10.1 Å². The number of hydrogen-bond acceptors (Lipinski definition) is 6. The Bertz CT molecular complexity index is 1770. The Morgan fingerprint density at radius 1 is 1.05 bits per heavy atom. The molecular weight excluding hydrogens is 491 g/mol. The standard InChI is InChI=1S/C28H21FN4O5/c1-2-37-28(36)24-21-11-14-32(19-7-5-18(6-8-19)31-13-3-4-22(29)26(31)34)27(35)25(21)33(30-24)20-9-10-23-17(16-20)12-15-38-23/h3-10,12-13,15-16H,2,11,14H2,1H3. The van der Waals surface area contributed by atoms with Crippen molar-refractivity contribution in [2.45, 2.75) is 13.3 Å². The lowest BCUT2D eigenvalue weighted by atomic mass is 10.0. The van der Waals surface area contributed by atoms with Gasteiger partial charge in [-0.2, -0.15) is 5.10 Å². The number of amides is 1. The second-order valence-electron chi connectivity index (χ2n) is 8.71. The Balaban J connectivity index is 1.41. The molecule has 9 nitrogen and oxygen atoms in total. The van der Waals surface area contributed by atoms with Gasteiger partial charge in [-0.25, -0.2) is 13.9 Å². The van der Waals surface area contributed by atoms with Gasteiger partial charge in [0.05, 0.1) is 18.6 Å². The van der Waals surface area contributed by atoms with Crippen molar-refractivity contribution in [1.82, 2.24) is 14.3 Å². The van der Waals surface area contributed by atoms with Crippen molar-refractivity contribution in [3.63, 3.8) is 0 Å². The SMILES string of the molecule is CCOC(=O)c1nn(-c2ccc3occc3c2)c2c1CCN(c1ccc(-n3cccc(F)c3=O)cc1)C2=O. The van der Waals surface area contributed by atoms with E-state index >= 15 is 0 Å². The third kappa shape index (κ3) is 3.78. The van der Waals surface area contributed by atoms with E-state index in [-0.39, 0.29) is 23.9 Å². The van der Waals surface area contributed by atoms with E-state index in [1.54, 1.807) is 60.6 Å². The molecule has 5 aromatic rings. The zero-order valence-corrected chi connectivity index (χ0v) is 20.3. The van der Waals surface area contributed by atoms with Gasteiger partial charge in [-0.3, -0.25) is 14.2 Å². The average Bonchev–Trinajstić information content (AvgIpc) is 3.56. The maximum absolute atomic E-state index is 13.9. The van der Waals surface area contributed by atoms with E-state index in [4.69, 9.17) is 9.15 Å². The molecule has 10 heteroatoms. The largest absolute Gasteiger partial charge is 0.464 e. The van der Waals surface area contributed by atoms with Crippen molar-refractivity contribution in [3.05, 3.63) is 106 Å². The number of aromatic nitrogens is 3. The van der Waals surface area contributed by atoms with Gasteiger partial charge in [0.2, 0.25) is 0 Å². The number of pyridine rings is 1. The van der Waals surface area contributed by atoms with Gasteiger partial charge in [-0.05, 0) is 74.0 Å². The lowest BCUT2D eigenvalue weighted by Crippen LogP contribution is -2.39. The fraction of sp³-hybridized carbons (Fsp3) is 0.143. The van der Waals surface area contributed by atoms with Crippen LogP contribution in [0.15, 0.2) is 82.3 Å². The molecule has 0 unspecified atom stereocenters. The van der Waals surface area contributed by atoms with Gasteiger partial charge >= 0.3 is 5.97 Å². The molecule has 38 heavy (non-hydrogen) atoms. The zero-order valence-electron chi connectivity index (χ0n) is 20.3. The number of carbonyl (C=O) groups is 2. The predicted molar refractivity (Wildman–Crippen MR) is 137 cm³/mol. The van der Waals surface area contributed by atoms with Crippen molar-refractivity contribution in [1.29, 1.82) is 0 Å². The summed E-state index contributed by atoms with van der Waals surface area (Å²) in [4.78, 5) is 40.3. The van der Waals surface area contributed by atoms with Gasteiger partial charge in [0, 0.05) is 35.1 Å². The van der Waals surface area contributed by atoms with Crippen LogP contribution in [0, 0.1) is 5.82 Å². The Morgan fingerprint density at radius 3 is 2.61 bits per heavy atom. The Labute approximate surface area is 215 Å². The van der Waals surface area contributed by atoms with Crippen LogP contribution >= 0.6 is 0 Å². The molecule has 0 radical (unpaired) electrons. The number of halogens is 1. The number of ether oxygens (including phenoxy) is 1. The number of rotatable bonds is 5. The first-order valence-corrected chi connectivity index (χ1v) is 12.0. The van der Waals surface area contributed by atoms with Crippen molar-refractivity contribution in [2.24, 2.45) is 0 Å². The smallest absolute Gasteiger partial charge is 0.359 e. The highest BCUT2D eigenvalue weighted by Crippen LogP contribution is 2.30. The van der Waals surface area contributed by atoms with E-state index in [1.807, 2.05) is 6.07 Å². The third-order valence-electron chi connectivity index (χ3n) is 6.51. The van der Waals surface area contributed by atoms with Crippen LogP contribution in [-0.4, -0.2) is 39.4 Å². The lowest BCUT2D eigenvalue weighted by Gasteiger charge is -2.28. The molecule has 1 aliphatic rings. The molecule has 0 saturated heterocycles. The molecule has 2 aromatic carbocycles. The zero-order chi connectivity index (χ0) is 26.4. The number of hydrogen-bond donors (Lipinski definition) is 0. The molecule has 6 rings (SSSR count). The van der Waals surface area contributed by atoms with E-state index in [1.165, 1.54) is 21.5 Å². The normalized spacial score (nSPS) is 13.1. The summed E-state index contributed by atoms with van der Waals surface area (Å²) in [6, 6.07) is 16.4. The minimum Gasteiger partial charge on any atom is -0.464 e. The Kier molecular flexibility index (Phi) is 5.64. The molecule has 4 heterocycles. The van der Waals surface area contributed by atoms with Crippen molar-refractivity contribution >= 4 is 28.5 Å². The number of fused-ring (bicyclic) bond motifs is 2. The molecule has 0 saturated carbocycles. The summed E-state index contributed by atoms with van der Waals surface area (Å²) < 4.78 is 27.1. The maximum atomic E-state index is 13.9. The minimum atomic E-state index is -0.852. The number of anilines is 1. The van der Waals surface area contributed by atoms with Crippen molar-refractivity contribution in [2.75, 3.05) is 18.1 Å². The van der Waals surface area contributed by atoms with Crippen LogP contribution in [0.25, 0.3) is 22.3 Å². The van der Waals surface area contributed by atoms with Crippen LogP contribution in [0.3, 0.4) is 0 Å². The van der Waals surface area contributed by atoms with E-state index in [0.29, 0.717) is 41.2 Å². The highest BCUT2D eigenvalue weighted by Gasteiger charge is 2.35. The van der Waals surface area contributed by atoms with E-state index in [2.05, 4.69) is 5.10 Å². The third-order valence-corrected chi connectivity index (χ3v) is 6.51. The predicted octanol–water partition coefficient (Wildman–Crippen LogP) is 4.29. The highest BCUT2D eigenvalue weighted by atomic mass is 19.1. The molecule has 0 fully saturated rings. The molecule has 0 aliphatic carbocycles. The maximum Gasteiger partial charge on any atom is 0.359 e. The minimum absolute atomic E-state index is 0.114. The van der Waals surface area contributed by atoms with Crippen molar-refractivity contribution < 1.29 is 23.1 Å². The summed E-state index contributed by atoms with van der Waals surface area (Å²) in [5.41, 5.74) is 2.49. The van der Waals surface area contributed by atoms with Gasteiger partial charge in [0.1, 0.15) is 11.3 Å². The van der Waals surface area contributed by atoms with E-state index in [0.717, 1.165) is 11.5 Å². The highest BCUT2D eigenvalue weighted by molar-refractivity contribution is 6.09. The summed E-state index contributed by atoms with van der Waals surface area (Å²) in [5.74, 6) is -1.77. The van der Waals surface area contributed by atoms with Gasteiger partial charge in [-0.15, -0.1) is 0 Å². The molecule has 0 N–H and O–H groups in total. The quantitative estimate of drug-likeness (QED) is 0.326. The van der Waals surface area contributed by atoms with E-state index < -0.39 is 17.3 Å². The van der Waals surface area contributed by atoms with Crippen LogP contribution in [0.2, 0.25) is 0 Å². The molecule has 0 spiro atoms. The topological polar surface area (TPSA) is 99.6 Å². The number of esters is 1. The van der Waals surface area contributed by atoms with Crippen LogP contribution in [-0.2, 0) is 11.2 Å². The summed E-state index contributed by atoms with van der Waals surface area (Å²) in [5, 5.41) is 5.34. The summed E-state index contributed by atoms with van der Waals surface area (Å²) >= 11 is 0. The first-order valence-electron chi connectivity index (χ1n) is 12.0. The summed E-state index contributed by atoms with van der Waals surface area (Å²) in [6.07, 6.45) is 3.44. The number of nitrogens with zero attached hydrogens (tertiary/aromatic N) is 4. The number of furan rings is 1. The number of carbonyl (C=O) groups excluding carboxylic acids is 2. The molecule has 0 atom stereocenters. The second-order valence-corrected chi connectivity index (χ2v) is 8.71. The van der Waals surface area contributed by atoms with Crippen molar-refractivity contribution in [3.8, 4) is 11.4 Å². The first-order chi connectivity index (χ1) is 18.5. The first kappa shape index (κ1) is 23.4. The van der Waals surface area contributed by atoms with Gasteiger partial charge in [0.25, 0.3) is 11.5 Å². The molecular formula is C28H21FN4O5. The molecule has 0 bridgehead atoms.